The monoisotopic (exact) mass is 214 g/mol. The summed E-state index contributed by atoms with van der Waals surface area (Å²) in [6.07, 6.45) is 0. The molecule has 0 atom stereocenters. The molecule has 0 aromatic heterocycles. The van der Waals surface area contributed by atoms with Crippen molar-refractivity contribution in [3.63, 3.8) is 0 Å². The van der Waals surface area contributed by atoms with Crippen LogP contribution in [0.1, 0.15) is 29.8 Å². The lowest BCUT2D eigenvalue weighted by Gasteiger charge is -2.08. The van der Waals surface area contributed by atoms with Gasteiger partial charge in [-0.05, 0) is 19.1 Å². The van der Waals surface area contributed by atoms with E-state index in [1.165, 1.54) is 6.07 Å². The highest BCUT2D eigenvalue weighted by Crippen LogP contribution is 2.22. The molecular formula is C11H12ClFO. The van der Waals surface area contributed by atoms with Gasteiger partial charge in [0.05, 0.1) is 5.56 Å². The predicted octanol–water partition coefficient (Wildman–Crippen LogP) is 3.63. The summed E-state index contributed by atoms with van der Waals surface area (Å²) < 4.78 is 13.6. The molecule has 0 N–H and O–H groups in total. The Kier molecular flexibility index (Phi) is 3.27. The Balaban J connectivity index is 3.24. The van der Waals surface area contributed by atoms with Crippen molar-refractivity contribution in [2.24, 2.45) is 5.92 Å². The lowest BCUT2D eigenvalue weighted by molar-refractivity contribution is 0.0935. The van der Waals surface area contributed by atoms with Crippen LogP contribution in [0, 0.1) is 18.7 Å². The molecule has 0 fully saturated rings. The Morgan fingerprint density at radius 2 is 2.00 bits per heavy atom. The summed E-state index contributed by atoms with van der Waals surface area (Å²) in [5.41, 5.74) is 0.458. The zero-order chi connectivity index (χ0) is 10.9. The molecule has 0 amide bonds. The van der Waals surface area contributed by atoms with Crippen LogP contribution in [0.4, 0.5) is 4.39 Å². The third-order valence-electron chi connectivity index (χ3n) is 2.11. The van der Waals surface area contributed by atoms with E-state index in [4.69, 9.17) is 11.6 Å². The van der Waals surface area contributed by atoms with Crippen LogP contribution in [0.15, 0.2) is 12.1 Å². The molecule has 0 unspecified atom stereocenters. The second kappa shape index (κ2) is 4.09. The highest BCUT2D eigenvalue weighted by molar-refractivity contribution is 6.31. The molecule has 1 aromatic carbocycles. The number of hydrogen-bond donors (Lipinski definition) is 0. The van der Waals surface area contributed by atoms with Crippen LogP contribution >= 0.6 is 11.6 Å². The molecule has 0 saturated carbocycles. The largest absolute Gasteiger partial charge is 0.294 e. The molecule has 14 heavy (non-hydrogen) atoms. The minimum Gasteiger partial charge on any atom is -0.294 e. The van der Waals surface area contributed by atoms with Crippen LogP contribution in [0.2, 0.25) is 5.02 Å². The molecule has 0 saturated heterocycles. The molecule has 0 bridgehead atoms. The molecule has 0 aliphatic rings. The molecule has 1 rings (SSSR count). The van der Waals surface area contributed by atoms with Gasteiger partial charge in [0.2, 0.25) is 0 Å². The van der Waals surface area contributed by atoms with Crippen LogP contribution in [-0.4, -0.2) is 5.78 Å². The Labute approximate surface area is 87.9 Å². The van der Waals surface area contributed by atoms with Crippen molar-refractivity contribution in [1.29, 1.82) is 0 Å². The number of hydrogen-bond acceptors (Lipinski definition) is 1. The summed E-state index contributed by atoms with van der Waals surface area (Å²) in [7, 11) is 0. The van der Waals surface area contributed by atoms with Gasteiger partial charge >= 0.3 is 0 Å². The maximum Gasteiger partial charge on any atom is 0.168 e. The SMILES string of the molecule is Cc1c(Cl)ccc(C(=O)C(C)C)c1F. The number of carbonyl (C=O) groups is 1. The predicted molar refractivity (Wildman–Crippen MR) is 55.3 cm³/mol. The van der Waals surface area contributed by atoms with Gasteiger partial charge in [-0.25, -0.2) is 4.39 Å². The van der Waals surface area contributed by atoms with Crippen molar-refractivity contribution in [3.05, 3.63) is 34.1 Å². The third-order valence-corrected chi connectivity index (χ3v) is 2.52. The zero-order valence-electron chi connectivity index (χ0n) is 8.40. The highest BCUT2D eigenvalue weighted by atomic mass is 35.5. The molecule has 3 heteroatoms. The minimum absolute atomic E-state index is 0.127. The van der Waals surface area contributed by atoms with Gasteiger partial charge in [-0.3, -0.25) is 4.79 Å². The molecular weight excluding hydrogens is 203 g/mol. The molecule has 76 valence electrons. The normalized spacial score (nSPS) is 10.7. The molecule has 0 radical (unpaired) electrons. The Hall–Kier alpha value is -0.890. The highest BCUT2D eigenvalue weighted by Gasteiger charge is 2.17. The summed E-state index contributed by atoms with van der Waals surface area (Å²) in [5, 5.41) is 0.350. The molecule has 1 aromatic rings. The van der Waals surface area contributed by atoms with E-state index in [0.717, 1.165) is 0 Å². The van der Waals surface area contributed by atoms with E-state index in [0.29, 0.717) is 10.6 Å². The molecule has 0 heterocycles. The van der Waals surface area contributed by atoms with Crippen molar-refractivity contribution >= 4 is 17.4 Å². The van der Waals surface area contributed by atoms with Crippen LogP contribution < -0.4 is 0 Å². The summed E-state index contributed by atoms with van der Waals surface area (Å²) >= 11 is 5.72. The molecule has 0 aliphatic heterocycles. The average Bonchev–Trinajstić information content (AvgIpc) is 2.13. The van der Waals surface area contributed by atoms with Gasteiger partial charge < -0.3 is 0 Å². The summed E-state index contributed by atoms with van der Waals surface area (Å²) in [4.78, 5) is 11.5. The van der Waals surface area contributed by atoms with Crippen LogP contribution in [-0.2, 0) is 0 Å². The lowest BCUT2D eigenvalue weighted by atomic mass is 9.99. The second-order valence-electron chi connectivity index (χ2n) is 3.55. The third kappa shape index (κ3) is 1.95. The van der Waals surface area contributed by atoms with E-state index in [1.54, 1.807) is 26.8 Å². The van der Waals surface area contributed by atoms with E-state index in [9.17, 15) is 9.18 Å². The van der Waals surface area contributed by atoms with Gasteiger partial charge in [0.15, 0.2) is 5.78 Å². The van der Waals surface area contributed by atoms with Gasteiger partial charge in [-0.1, -0.05) is 25.4 Å². The molecule has 1 nitrogen and oxygen atoms in total. The average molecular weight is 215 g/mol. The van der Waals surface area contributed by atoms with Gasteiger partial charge in [0.1, 0.15) is 5.82 Å². The maximum atomic E-state index is 13.6. The van der Waals surface area contributed by atoms with Crippen molar-refractivity contribution in [1.82, 2.24) is 0 Å². The fraction of sp³-hybridized carbons (Fsp3) is 0.364. The zero-order valence-corrected chi connectivity index (χ0v) is 9.15. The number of halogens is 2. The first-order valence-corrected chi connectivity index (χ1v) is 4.81. The van der Waals surface area contributed by atoms with E-state index >= 15 is 0 Å². The van der Waals surface area contributed by atoms with Crippen LogP contribution in [0.5, 0.6) is 0 Å². The molecule has 0 aliphatic carbocycles. The van der Waals surface area contributed by atoms with Gasteiger partial charge in [0.25, 0.3) is 0 Å². The van der Waals surface area contributed by atoms with Crippen LogP contribution in [0.25, 0.3) is 0 Å². The number of ketones is 1. The van der Waals surface area contributed by atoms with Crippen molar-refractivity contribution < 1.29 is 9.18 Å². The van der Waals surface area contributed by atoms with Gasteiger partial charge in [-0.2, -0.15) is 0 Å². The van der Waals surface area contributed by atoms with Crippen molar-refractivity contribution in [2.75, 3.05) is 0 Å². The van der Waals surface area contributed by atoms with E-state index in [1.807, 2.05) is 0 Å². The lowest BCUT2D eigenvalue weighted by Crippen LogP contribution is -2.10. The molecule has 0 spiro atoms. The standard InChI is InChI=1S/C11H12ClFO/c1-6(2)11(14)8-4-5-9(12)7(3)10(8)13/h4-6H,1-3H3. The number of Topliss-reactive ketones (excluding diaryl/α,β-unsaturated/α-hetero) is 1. The topological polar surface area (TPSA) is 17.1 Å². The van der Waals surface area contributed by atoms with Crippen LogP contribution in [0.3, 0.4) is 0 Å². The summed E-state index contributed by atoms with van der Waals surface area (Å²) in [6.45, 7) is 5.05. The Morgan fingerprint density at radius 1 is 1.43 bits per heavy atom. The van der Waals surface area contributed by atoms with Crippen molar-refractivity contribution in [2.45, 2.75) is 20.8 Å². The quantitative estimate of drug-likeness (QED) is 0.688. The van der Waals surface area contributed by atoms with Gasteiger partial charge in [-0.15, -0.1) is 0 Å². The first kappa shape index (κ1) is 11.2. The smallest absolute Gasteiger partial charge is 0.168 e. The number of benzene rings is 1. The maximum absolute atomic E-state index is 13.6. The fourth-order valence-corrected chi connectivity index (χ4v) is 1.31. The first-order chi connectivity index (χ1) is 6.45. The number of rotatable bonds is 2. The summed E-state index contributed by atoms with van der Waals surface area (Å²) in [6, 6.07) is 2.99. The van der Waals surface area contributed by atoms with E-state index in [2.05, 4.69) is 0 Å². The fourth-order valence-electron chi connectivity index (χ4n) is 1.16. The Bertz CT molecular complexity index is 372. The van der Waals surface area contributed by atoms with Gasteiger partial charge in [0, 0.05) is 16.5 Å². The van der Waals surface area contributed by atoms with E-state index in [-0.39, 0.29) is 17.3 Å². The summed E-state index contributed by atoms with van der Waals surface area (Å²) in [5.74, 6) is -0.899. The van der Waals surface area contributed by atoms with E-state index < -0.39 is 5.82 Å². The second-order valence-corrected chi connectivity index (χ2v) is 3.96. The first-order valence-electron chi connectivity index (χ1n) is 4.44. The Morgan fingerprint density at radius 3 is 2.50 bits per heavy atom. The van der Waals surface area contributed by atoms with Crippen molar-refractivity contribution in [3.8, 4) is 0 Å². The number of carbonyl (C=O) groups excluding carboxylic acids is 1. The minimum atomic E-state index is -0.504.